The number of hydrogen-bond acceptors (Lipinski definition) is 4. The number of nitrogens with zero attached hydrogens (tertiary/aromatic N) is 1. The van der Waals surface area contributed by atoms with E-state index in [1.807, 2.05) is 6.92 Å². The second kappa shape index (κ2) is 5.32. The van der Waals surface area contributed by atoms with Crippen LogP contribution in [0.15, 0.2) is 0 Å². The van der Waals surface area contributed by atoms with Crippen molar-refractivity contribution in [3.05, 3.63) is 0 Å². The van der Waals surface area contributed by atoms with Gasteiger partial charge in [0, 0.05) is 12.6 Å². The third-order valence-electron chi connectivity index (χ3n) is 2.55. The van der Waals surface area contributed by atoms with Crippen molar-refractivity contribution in [3.8, 4) is 0 Å². The average molecular weight is 217 g/mol. The molecule has 1 N–H and O–H groups in total. The Morgan fingerprint density at radius 1 is 1.60 bits per heavy atom. The number of ether oxygens (including phenoxy) is 2. The zero-order valence-corrected chi connectivity index (χ0v) is 9.47. The number of carboxylic acid groups (broad SMARTS) is 1. The molecule has 5 heteroatoms. The van der Waals surface area contributed by atoms with Gasteiger partial charge >= 0.3 is 6.16 Å². The maximum Gasteiger partial charge on any atom is 0.505 e. The Morgan fingerprint density at radius 2 is 2.27 bits per heavy atom. The molecule has 0 amide bonds. The SMILES string of the molecule is CC(C)C1OCCN1C(C)COC(=O)O. The second-order valence-corrected chi connectivity index (χ2v) is 4.17. The van der Waals surface area contributed by atoms with Gasteiger partial charge in [0.05, 0.1) is 6.61 Å². The molecule has 0 aromatic carbocycles. The molecule has 1 aliphatic heterocycles. The van der Waals surface area contributed by atoms with E-state index in [2.05, 4.69) is 23.5 Å². The molecular weight excluding hydrogens is 198 g/mol. The van der Waals surface area contributed by atoms with Crippen molar-refractivity contribution in [1.29, 1.82) is 0 Å². The van der Waals surface area contributed by atoms with E-state index < -0.39 is 6.16 Å². The van der Waals surface area contributed by atoms with Crippen molar-refractivity contribution in [1.82, 2.24) is 4.90 Å². The standard InChI is InChI=1S/C10H19NO4/c1-7(2)9-11(4-5-14-9)8(3)6-15-10(12)13/h7-9H,4-6H2,1-3H3,(H,12,13). The highest BCUT2D eigenvalue weighted by Crippen LogP contribution is 2.20. The molecule has 0 saturated carbocycles. The lowest BCUT2D eigenvalue weighted by atomic mass is 10.1. The molecule has 0 bridgehead atoms. The highest BCUT2D eigenvalue weighted by Gasteiger charge is 2.31. The number of rotatable bonds is 4. The summed E-state index contributed by atoms with van der Waals surface area (Å²) in [6, 6.07) is 0.0657. The van der Waals surface area contributed by atoms with Crippen LogP contribution in [0.3, 0.4) is 0 Å². The molecule has 5 nitrogen and oxygen atoms in total. The Labute approximate surface area is 90.0 Å². The molecule has 2 unspecified atom stereocenters. The fraction of sp³-hybridized carbons (Fsp3) is 0.900. The summed E-state index contributed by atoms with van der Waals surface area (Å²) in [5, 5.41) is 8.41. The first-order valence-electron chi connectivity index (χ1n) is 5.25. The topological polar surface area (TPSA) is 59.0 Å². The van der Waals surface area contributed by atoms with Gasteiger partial charge in [-0.25, -0.2) is 4.79 Å². The molecule has 0 aromatic heterocycles. The van der Waals surface area contributed by atoms with Crippen molar-refractivity contribution in [2.24, 2.45) is 5.92 Å². The van der Waals surface area contributed by atoms with Crippen LogP contribution in [0.5, 0.6) is 0 Å². The molecule has 2 atom stereocenters. The summed E-state index contributed by atoms with van der Waals surface area (Å²) >= 11 is 0. The van der Waals surface area contributed by atoms with Gasteiger partial charge in [0.15, 0.2) is 0 Å². The van der Waals surface area contributed by atoms with Crippen molar-refractivity contribution < 1.29 is 19.4 Å². The van der Waals surface area contributed by atoms with Crippen molar-refractivity contribution >= 4 is 6.16 Å². The van der Waals surface area contributed by atoms with Crippen LogP contribution < -0.4 is 0 Å². The summed E-state index contributed by atoms with van der Waals surface area (Å²) in [7, 11) is 0. The fourth-order valence-electron chi connectivity index (χ4n) is 1.84. The Balaban J connectivity index is 2.43. The normalized spacial score (nSPS) is 24.4. The van der Waals surface area contributed by atoms with Crippen LogP contribution in [-0.4, -0.2) is 48.2 Å². The summed E-state index contributed by atoms with van der Waals surface area (Å²) in [6.45, 7) is 7.88. The molecule has 0 spiro atoms. The quantitative estimate of drug-likeness (QED) is 0.721. The number of hydrogen-bond donors (Lipinski definition) is 1. The maximum atomic E-state index is 10.3. The predicted molar refractivity (Wildman–Crippen MR) is 54.7 cm³/mol. The predicted octanol–water partition coefficient (Wildman–Crippen LogP) is 1.38. The van der Waals surface area contributed by atoms with Gasteiger partial charge in [0.25, 0.3) is 0 Å². The van der Waals surface area contributed by atoms with E-state index in [1.54, 1.807) is 0 Å². The first-order chi connectivity index (χ1) is 7.02. The van der Waals surface area contributed by atoms with Crippen molar-refractivity contribution in [2.45, 2.75) is 33.0 Å². The molecule has 15 heavy (non-hydrogen) atoms. The van der Waals surface area contributed by atoms with Gasteiger partial charge < -0.3 is 14.6 Å². The van der Waals surface area contributed by atoms with Crippen LogP contribution >= 0.6 is 0 Å². The van der Waals surface area contributed by atoms with Gasteiger partial charge in [-0.05, 0) is 12.8 Å². The molecular formula is C10H19NO4. The zero-order chi connectivity index (χ0) is 11.4. The molecule has 0 aliphatic carbocycles. The molecule has 1 heterocycles. The third kappa shape index (κ3) is 3.35. The highest BCUT2D eigenvalue weighted by atomic mass is 16.7. The van der Waals surface area contributed by atoms with Crippen LogP contribution in [0.2, 0.25) is 0 Å². The van der Waals surface area contributed by atoms with Crippen molar-refractivity contribution in [3.63, 3.8) is 0 Å². The Bertz CT molecular complexity index is 219. The lowest BCUT2D eigenvalue weighted by molar-refractivity contribution is -0.0318. The largest absolute Gasteiger partial charge is 0.505 e. The van der Waals surface area contributed by atoms with E-state index in [9.17, 15) is 4.79 Å². The minimum absolute atomic E-state index is 0.0657. The van der Waals surface area contributed by atoms with Gasteiger partial charge in [0.2, 0.25) is 0 Å². The van der Waals surface area contributed by atoms with E-state index in [0.29, 0.717) is 12.5 Å². The van der Waals surface area contributed by atoms with Gasteiger partial charge in [-0.3, -0.25) is 4.90 Å². The van der Waals surface area contributed by atoms with Crippen molar-refractivity contribution in [2.75, 3.05) is 19.8 Å². The molecule has 0 radical (unpaired) electrons. The van der Waals surface area contributed by atoms with Gasteiger partial charge in [0.1, 0.15) is 12.8 Å². The first-order valence-corrected chi connectivity index (χ1v) is 5.25. The van der Waals surface area contributed by atoms with Crippen LogP contribution in [0.1, 0.15) is 20.8 Å². The van der Waals surface area contributed by atoms with E-state index in [4.69, 9.17) is 9.84 Å². The summed E-state index contributed by atoms with van der Waals surface area (Å²) in [5.74, 6) is 0.403. The summed E-state index contributed by atoms with van der Waals surface area (Å²) < 4.78 is 10.1. The van der Waals surface area contributed by atoms with Crippen LogP contribution in [0, 0.1) is 5.92 Å². The lowest BCUT2D eigenvalue weighted by Crippen LogP contribution is -2.43. The average Bonchev–Trinajstić information content (AvgIpc) is 2.62. The lowest BCUT2D eigenvalue weighted by Gasteiger charge is -2.30. The minimum Gasteiger partial charge on any atom is -0.450 e. The Morgan fingerprint density at radius 3 is 2.80 bits per heavy atom. The molecule has 1 rings (SSSR count). The zero-order valence-electron chi connectivity index (χ0n) is 9.47. The van der Waals surface area contributed by atoms with Crippen LogP contribution in [0.25, 0.3) is 0 Å². The molecule has 1 aliphatic rings. The summed E-state index contributed by atoms with van der Waals surface area (Å²) in [4.78, 5) is 12.4. The smallest absolute Gasteiger partial charge is 0.450 e. The number of carbonyl (C=O) groups is 1. The van der Waals surface area contributed by atoms with Gasteiger partial charge in [-0.1, -0.05) is 13.8 Å². The summed E-state index contributed by atoms with van der Waals surface area (Å²) in [6.07, 6.45) is -1.14. The van der Waals surface area contributed by atoms with Gasteiger partial charge in [-0.15, -0.1) is 0 Å². The fourth-order valence-corrected chi connectivity index (χ4v) is 1.84. The first kappa shape index (κ1) is 12.3. The molecule has 1 saturated heterocycles. The second-order valence-electron chi connectivity index (χ2n) is 4.17. The molecule has 88 valence electrons. The monoisotopic (exact) mass is 217 g/mol. The van der Waals surface area contributed by atoms with E-state index >= 15 is 0 Å². The highest BCUT2D eigenvalue weighted by molar-refractivity contribution is 5.56. The van der Waals surface area contributed by atoms with E-state index in [-0.39, 0.29) is 18.9 Å². The maximum absolute atomic E-state index is 10.3. The summed E-state index contributed by atoms with van der Waals surface area (Å²) in [5.41, 5.74) is 0. The van der Waals surface area contributed by atoms with E-state index in [1.165, 1.54) is 0 Å². The molecule has 0 aromatic rings. The Hall–Kier alpha value is -0.810. The minimum atomic E-state index is -1.22. The third-order valence-corrected chi connectivity index (χ3v) is 2.55. The van der Waals surface area contributed by atoms with Crippen LogP contribution in [-0.2, 0) is 9.47 Å². The van der Waals surface area contributed by atoms with Gasteiger partial charge in [-0.2, -0.15) is 0 Å². The molecule has 1 fully saturated rings. The van der Waals surface area contributed by atoms with E-state index in [0.717, 1.165) is 6.54 Å². The van der Waals surface area contributed by atoms with Crippen LogP contribution in [0.4, 0.5) is 4.79 Å². The Kier molecular flexibility index (Phi) is 4.35.